The number of thioether (sulfide) groups is 1. The summed E-state index contributed by atoms with van der Waals surface area (Å²) >= 11 is 5.01. The lowest BCUT2D eigenvalue weighted by Crippen LogP contribution is -2.49. The third kappa shape index (κ3) is 8.51. The van der Waals surface area contributed by atoms with Crippen LogP contribution in [0.5, 0.6) is 5.75 Å². The Hall–Kier alpha value is -1.99. The number of unbranched alkanes of at least 4 members (excludes halogenated alkanes) is 1. The van der Waals surface area contributed by atoms with Crippen LogP contribution in [0.1, 0.15) is 44.2 Å². The van der Waals surface area contributed by atoms with Crippen LogP contribution in [0.2, 0.25) is 0 Å². The van der Waals surface area contributed by atoms with Crippen LogP contribution in [0.15, 0.2) is 53.0 Å². The maximum atomic E-state index is 13.2. The van der Waals surface area contributed by atoms with E-state index < -0.39 is 6.04 Å². The number of amides is 2. The molecule has 2 rings (SSSR count). The number of carbonyl (C=O) groups excluding carboxylic acids is 2. The van der Waals surface area contributed by atoms with Gasteiger partial charge in [-0.2, -0.15) is 0 Å². The summed E-state index contributed by atoms with van der Waals surface area (Å²) in [7, 11) is 1.63. The fourth-order valence-corrected chi connectivity index (χ4v) is 4.41. The van der Waals surface area contributed by atoms with Crippen LogP contribution < -0.4 is 10.1 Å². The molecule has 0 saturated carbocycles. The molecule has 0 bridgehead atoms. The minimum atomic E-state index is -0.491. The van der Waals surface area contributed by atoms with Crippen molar-refractivity contribution in [2.45, 2.75) is 51.4 Å². The minimum absolute atomic E-state index is 0.0274. The van der Waals surface area contributed by atoms with Crippen LogP contribution in [0, 0.1) is 0 Å². The highest BCUT2D eigenvalue weighted by molar-refractivity contribution is 9.10. The third-order valence-electron chi connectivity index (χ3n) is 5.13. The van der Waals surface area contributed by atoms with Crippen molar-refractivity contribution < 1.29 is 14.3 Å². The quantitative estimate of drug-likeness (QED) is 0.358. The molecule has 32 heavy (non-hydrogen) atoms. The molecule has 0 heterocycles. The Bertz CT molecular complexity index is 843. The van der Waals surface area contributed by atoms with Gasteiger partial charge in [0.2, 0.25) is 11.8 Å². The molecule has 2 aromatic carbocycles. The van der Waals surface area contributed by atoms with Gasteiger partial charge >= 0.3 is 0 Å². The van der Waals surface area contributed by atoms with Crippen LogP contribution in [0.3, 0.4) is 0 Å². The summed E-state index contributed by atoms with van der Waals surface area (Å²) in [6.07, 6.45) is 2.51. The molecule has 0 radical (unpaired) electrons. The van der Waals surface area contributed by atoms with E-state index in [0.717, 1.165) is 39.9 Å². The molecule has 174 valence electrons. The second kappa shape index (κ2) is 14.2. The first-order valence-corrected chi connectivity index (χ1v) is 13.0. The van der Waals surface area contributed by atoms with Gasteiger partial charge in [0, 0.05) is 23.3 Å². The van der Waals surface area contributed by atoms with E-state index >= 15 is 0 Å². The van der Waals surface area contributed by atoms with Crippen molar-refractivity contribution in [1.29, 1.82) is 0 Å². The van der Waals surface area contributed by atoms with Gasteiger partial charge in [0.25, 0.3) is 0 Å². The predicted molar refractivity (Wildman–Crippen MR) is 136 cm³/mol. The zero-order chi connectivity index (χ0) is 23.3. The number of ether oxygens (including phenoxy) is 1. The lowest BCUT2D eigenvalue weighted by molar-refractivity contribution is -0.139. The molecule has 0 aliphatic carbocycles. The summed E-state index contributed by atoms with van der Waals surface area (Å²) in [6.45, 7) is 5.06. The molecule has 0 aromatic heterocycles. The molecule has 1 N–H and O–H groups in total. The topological polar surface area (TPSA) is 58.6 Å². The Morgan fingerprint density at radius 2 is 1.72 bits per heavy atom. The molecule has 0 saturated heterocycles. The number of nitrogens with zero attached hydrogens (tertiary/aromatic N) is 1. The van der Waals surface area contributed by atoms with Crippen molar-refractivity contribution in [2.24, 2.45) is 0 Å². The molecule has 7 heteroatoms. The standard InChI is InChI=1S/C25H33BrN2O3S/c1-4-6-15-27-25(30)23(5-2)28(16-19-9-13-22(31-3)14-10-19)24(29)18-32-17-20-7-11-21(26)12-8-20/h7-14,23H,4-6,15-18H2,1-3H3,(H,27,30)/t23-/m1/s1. The Labute approximate surface area is 204 Å². The Balaban J connectivity index is 2.09. The number of rotatable bonds is 13. The Kier molecular flexibility index (Phi) is 11.7. The van der Waals surface area contributed by atoms with Crippen LogP contribution in [-0.4, -0.2) is 42.2 Å². The highest BCUT2D eigenvalue weighted by Gasteiger charge is 2.28. The Morgan fingerprint density at radius 1 is 1.06 bits per heavy atom. The normalized spacial score (nSPS) is 11.6. The number of hydrogen-bond acceptors (Lipinski definition) is 4. The summed E-state index contributed by atoms with van der Waals surface area (Å²) in [5.74, 6) is 1.72. The molecule has 0 spiro atoms. The highest BCUT2D eigenvalue weighted by atomic mass is 79.9. The number of hydrogen-bond donors (Lipinski definition) is 1. The SMILES string of the molecule is CCCCNC(=O)[C@@H](CC)N(Cc1ccc(OC)cc1)C(=O)CSCc1ccc(Br)cc1. The predicted octanol–water partition coefficient (Wildman–Crippen LogP) is 5.41. The third-order valence-corrected chi connectivity index (χ3v) is 6.65. The second-order valence-corrected chi connectivity index (χ2v) is 9.46. The summed E-state index contributed by atoms with van der Waals surface area (Å²) in [5.41, 5.74) is 2.13. The van der Waals surface area contributed by atoms with E-state index in [-0.39, 0.29) is 11.8 Å². The van der Waals surface area contributed by atoms with Crippen LogP contribution in [0.4, 0.5) is 0 Å². The van der Waals surface area contributed by atoms with Crippen molar-refractivity contribution in [3.8, 4) is 5.75 Å². The fourth-order valence-electron chi connectivity index (χ4n) is 3.27. The van der Waals surface area contributed by atoms with E-state index in [1.54, 1.807) is 23.8 Å². The van der Waals surface area contributed by atoms with Gasteiger partial charge in [-0.15, -0.1) is 11.8 Å². The van der Waals surface area contributed by atoms with E-state index in [9.17, 15) is 9.59 Å². The zero-order valence-corrected chi connectivity index (χ0v) is 21.5. The number of nitrogens with one attached hydrogen (secondary N) is 1. The number of halogens is 1. The zero-order valence-electron chi connectivity index (χ0n) is 19.1. The van der Waals surface area contributed by atoms with Crippen LogP contribution in [0.25, 0.3) is 0 Å². The molecular formula is C25H33BrN2O3S. The molecule has 0 unspecified atom stereocenters. The van der Waals surface area contributed by atoms with Crippen molar-refractivity contribution in [1.82, 2.24) is 10.2 Å². The van der Waals surface area contributed by atoms with Gasteiger partial charge in [0.05, 0.1) is 12.9 Å². The first kappa shape index (κ1) is 26.3. The molecular weight excluding hydrogens is 488 g/mol. The highest BCUT2D eigenvalue weighted by Crippen LogP contribution is 2.20. The summed E-state index contributed by atoms with van der Waals surface area (Å²) in [6, 6.07) is 15.2. The smallest absolute Gasteiger partial charge is 0.242 e. The van der Waals surface area contributed by atoms with E-state index in [2.05, 4.69) is 28.2 Å². The van der Waals surface area contributed by atoms with Gasteiger partial charge in [-0.05, 0) is 48.2 Å². The van der Waals surface area contributed by atoms with E-state index in [4.69, 9.17) is 4.74 Å². The van der Waals surface area contributed by atoms with Gasteiger partial charge in [0.15, 0.2) is 0 Å². The van der Waals surface area contributed by atoms with Gasteiger partial charge in [-0.25, -0.2) is 0 Å². The largest absolute Gasteiger partial charge is 0.497 e. The summed E-state index contributed by atoms with van der Waals surface area (Å²) < 4.78 is 6.27. The fraction of sp³-hybridized carbons (Fsp3) is 0.440. The second-order valence-electron chi connectivity index (χ2n) is 7.56. The van der Waals surface area contributed by atoms with E-state index in [1.165, 1.54) is 0 Å². The first-order valence-electron chi connectivity index (χ1n) is 11.0. The monoisotopic (exact) mass is 520 g/mol. The average Bonchev–Trinajstić information content (AvgIpc) is 2.80. The molecule has 2 amide bonds. The number of carbonyl (C=O) groups is 2. The van der Waals surface area contributed by atoms with Crippen molar-refractivity contribution in [2.75, 3.05) is 19.4 Å². The van der Waals surface area contributed by atoms with Gasteiger partial charge in [-0.1, -0.05) is 60.5 Å². The summed E-state index contributed by atoms with van der Waals surface area (Å²) in [5, 5.41) is 3.00. The van der Waals surface area contributed by atoms with Crippen LogP contribution in [-0.2, 0) is 21.9 Å². The minimum Gasteiger partial charge on any atom is -0.497 e. The van der Waals surface area contributed by atoms with Gasteiger partial charge in [0.1, 0.15) is 11.8 Å². The van der Waals surface area contributed by atoms with Gasteiger partial charge in [-0.3, -0.25) is 9.59 Å². The van der Waals surface area contributed by atoms with Crippen molar-refractivity contribution in [3.63, 3.8) is 0 Å². The summed E-state index contributed by atoms with van der Waals surface area (Å²) in [4.78, 5) is 27.8. The Morgan fingerprint density at radius 3 is 2.31 bits per heavy atom. The molecule has 0 aliphatic heterocycles. The first-order chi connectivity index (χ1) is 15.5. The van der Waals surface area contributed by atoms with E-state index in [1.807, 2.05) is 55.5 Å². The molecule has 2 aromatic rings. The maximum Gasteiger partial charge on any atom is 0.242 e. The molecule has 5 nitrogen and oxygen atoms in total. The van der Waals surface area contributed by atoms with Crippen molar-refractivity contribution in [3.05, 3.63) is 64.1 Å². The lowest BCUT2D eigenvalue weighted by Gasteiger charge is -2.30. The average molecular weight is 522 g/mol. The van der Waals surface area contributed by atoms with Gasteiger partial charge < -0.3 is 15.0 Å². The molecule has 0 aliphatic rings. The van der Waals surface area contributed by atoms with Crippen molar-refractivity contribution >= 4 is 39.5 Å². The molecule has 1 atom stereocenters. The number of methoxy groups -OCH3 is 1. The van der Waals surface area contributed by atoms with E-state index in [0.29, 0.717) is 25.3 Å². The maximum absolute atomic E-state index is 13.2. The number of benzene rings is 2. The molecule has 0 fully saturated rings. The van der Waals surface area contributed by atoms with Crippen LogP contribution >= 0.6 is 27.7 Å². The lowest BCUT2D eigenvalue weighted by atomic mass is 10.1.